The molecule has 0 aliphatic heterocycles. The summed E-state index contributed by atoms with van der Waals surface area (Å²) in [5.74, 6) is -0.262. The second-order valence-electron chi connectivity index (χ2n) is 3.47. The summed E-state index contributed by atoms with van der Waals surface area (Å²) in [6, 6.07) is 9.06. The van der Waals surface area contributed by atoms with Gasteiger partial charge in [0.1, 0.15) is 6.07 Å². The Bertz CT molecular complexity index is 642. The molecule has 2 aromatic rings. The molecule has 1 aromatic carbocycles. The van der Waals surface area contributed by atoms with Gasteiger partial charge in [0.15, 0.2) is 5.69 Å². The van der Waals surface area contributed by atoms with Crippen LogP contribution in [0.3, 0.4) is 0 Å². The molecular formula is C12H9BrN4O. The van der Waals surface area contributed by atoms with Crippen LogP contribution in [-0.4, -0.2) is 22.7 Å². The lowest BCUT2D eigenvalue weighted by molar-refractivity contribution is 0.0957. The van der Waals surface area contributed by atoms with Gasteiger partial charge in [0.25, 0.3) is 5.91 Å². The van der Waals surface area contributed by atoms with E-state index in [-0.39, 0.29) is 5.91 Å². The summed E-state index contributed by atoms with van der Waals surface area (Å²) < 4.78 is 2.20. The Balaban J connectivity index is 2.50. The average Bonchev–Trinajstić information content (AvgIpc) is 2.87. The van der Waals surface area contributed by atoms with E-state index in [0.717, 1.165) is 0 Å². The number of amides is 1. The lowest BCUT2D eigenvalue weighted by Crippen LogP contribution is -2.18. The number of nitrogens with one attached hydrogen (secondary N) is 1. The van der Waals surface area contributed by atoms with Crippen molar-refractivity contribution in [2.24, 2.45) is 0 Å². The third-order valence-corrected chi connectivity index (χ3v) is 3.06. The van der Waals surface area contributed by atoms with Gasteiger partial charge < -0.3 is 5.32 Å². The fraction of sp³-hybridized carbons (Fsp3) is 0.0833. The lowest BCUT2D eigenvalue weighted by Gasteiger charge is -2.05. The molecule has 1 N–H and O–H groups in total. The Morgan fingerprint density at radius 1 is 1.50 bits per heavy atom. The fourth-order valence-electron chi connectivity index (χ4n) is 1.52. The maximum atomic E-state index is 11.4. The first-order chi connectivity index (χ1) is 8.67. The van der Waals surface area contributed by atoms with Gasteiger partial charge in [-0.15, -0.1) is 0 Å². The number of rotatable bonds is 2. The number of aromatic nitrogens is 2. The summed E-state index contributed by atoms with van der Waals surface area (Å²) in [7, 11) is 1.54. The molecule has 0 aliphatic rings. The van der Waals surface area contributed by atoms with E-state index >= 15 is 0 Å². The minimum atomic E-state index is -0.262. The second-order valence-corrected chi connectivity index (χ2v) is 4.32. The highest BCUT2D eigenvalue weighted by Gasteiger charge is 2.12. The van der Waals surface area contributed by atoms with Crippen molar-refractivity contribution in [3.05, 3.63) is 46.2 Å². The summed E-state index contributed by atoms with van der Waals surface area (Å²) in [5.41, 5.74) is 1.41. The van der Waals surface area contributed by atoms with Crippen LogP contribution in [0, 0.1) is 11.3 Å². The van der Waals surface area contributed by atoms with E-state index in [4.69, 9.17) is 5.26 Å². The second kappa shape index (κ2) is 5.02. The van der Waals surface area contributed by atoms with Crippen LogP contribution in [0.1, 0.15) is 16.1 Å². The van der Waals surface area contributed by atoms with E-state index in [2.05, 4.69) is 32.4 Å². The molecule has 0 spiro atoms. The third-order valence-electron chi connectivity index (χ3n) is 2.40. The number of carbonyl (C=O) groups is 1. The SMILES string of the molecule is CNC(=O)c1ccn(-c2cccc(Br)c2C#N)n1. The smallest absolute Gasteiger partial charge is 0.271 e. The predicted molar refractivity (Wildman–Crippen MR) is 69.4 cm³/mol. The lowest BCUT2D eigenvalue weighted by atomic mass is 10.2. The quantitative estimate of drug-likeness (QED) is 0.920. The summed E-state index contributed by atoms with van der Waals surface area (Å²) in [5, 5.41) is 15.8. The van der Waals surface area contributed by atoms with Crippen molar-refractivity contribution in [3.63, 3.8) is 0 Å². The van der Waals surface area contributed by atoms with Crippen LogP contribution < -0.4 is 5.32 Å². The molecule has 0 fully saturated rings. The van der Waals surface area contributed by atoms with Crippen LogP contribution >= 0.6 is 15.9 Å². The van der Waals surface area contributed by atoms with Crippen molar-refractivity contribution in [1.29, 1.82) is 5.26 Å². The highest BCUT2D eigenvalue weighted by atomic mass is 79.9. The first-order valence-electron chi connectivity index (χ1n) is 5.14. The van der Waals surface area contributed by atoms with E-state index in [0.29, 0.717) is 21.4 Å². The molecule has 0 bridgehead atoms. The maximum absolute atomic E-state index is 11.4. The Hall–Kier alpha value is -2.13. The molecule has 0 aliphatic carbocycles. The van der Waals surface area contributed by atoms with Crippen LogP contribution in [-0.2, 0) is 0 Å². The highest BCUT2D eigenvalue weighted by Crippen LogP contribution is 2.22. The summed E-state index contributed by atoms with van der Waals surface area (Å²) in [6.45, 7) is 0. The van der Waals surface area contributed by atoms with Gasteiger partial charge in [0, 0.05) is 17.7 Å². The van der Waals surface area contributed by atoms with Gasteiger partial charge in [-0.2, -0.15) is 10.4 Å². The largest absolute Gasteiger partial charge is 0.354 e. The van der Waals surface area contributed by atoms with E-state index in [1.807, 2.05) is 6.07 Å². The molecule has 18 heavy (non-hydrogen) atoms. The van der Waals surface area contributed by atoms with Gasteiger partial charge in [-0.1, -0.05) is 6.07 Å². The summed E-state index contributed by atoms with van der Waals surface area (Å²) in [6.07, 6.45) is 1.65. The molecule has 1 amide bonds. The van der Waals surface area contributed by atoms with Crippen molar-refractivity contribution >= 4 is 21.8 Å². The van der Waals surface area contributed by atoms with Crippen molar-refractivity contribution in [2.75, 3.05) is 7.05 Å². The first kappa shape index (κ1) is 12.3. The maximum Gasteiger partial charge on any atom is 0.271 e. The Morgan fingerprint density at radius 2 is 2.28 bits per heavy atom. The van der Waals surface area contributed by atoms with Crippen LogP contribution in [0.4, 0.5) is 0 Å². The zero-order chi connectivity index (χ0) is 13.1. The van der Waals surface area contributed by atoms with E-state index < -0.39 is 0 Å². The Labute approximate surface area is 112 Å². The molecule has 0 saturated carbocycles. The van der Waals surface area contributed by atoms with Crippen LogP contribution in [0.5, 0.6) is 0 Å². The molecule has 6 heteroatoms. The number of hydrogen-bond donors (Lipinski definition) is 1. The van der Waals surface area contributed by atoms with Crippen molar-refractivity contribution in [2.45, 2.75) is 0 Å². The molecule has 2 rings (SSSR count). The van der Waals surface area contributed by atoms with Crippen LogP contribution in [0.2, 0.25) is 0 Å². The molecular weight excluding hydrogens is 296 g/mol. The minimum absolute atomic E-state index is 0.262. The van der Waals surface area contributed by atoms with Crippen molar-refractivity contribution < 1.29 is 4.79 Å². The number of benzene rings is 1. The summed E-state index contributed by atoms with van der Waals surface area (Å²) in [4.78, 5) is 11.4. The van der Waals surface area contributed by atoms with Gasteiger partial charge in [0.05, 0.1) is 11.3 Å². The molecule has 1 heterocycles. The first-order valence-corrected chi connectivity index (χ1v) is 5.93. The fourth-order valence-corrected chi connectivity index (χ4v) is 1.97. The summed E-state index contributed by atoms with van der Waals surface area (Å²) >= 11 is 3.31. The number of nitrogens with zero attached hydrogens (tertiary/aromatic N) is 3. The third kappa shape index (κ3) is 2.13. The zero-order valence-corrected chi connectivity index (χ0v) is 11.1. The van der Waals surface area contributed by atoms with Gasteiger partial charge in [-0.3, -0.25) is 4.79 Å². The molecule has 0 radical (unpaired) electrons. The molecule has 0 unspecified atom stereocenters. The molecule has 0 atom stereocenters. The molecule has 90 valence electrons. The monoisotopic (exact) mass is 304 g/mol. The predicted octanol–water partition coefficient (Wildman–Crippen LogP) is 1.87. The number of halogens is 1. The van der Waals surface area contributed by atoms with Gasteiger partial charge in [-0.25, -0.2) is 4.68 Å². The topological polar surface area (TPSA) is 70.7 Å². The van der Waals surface area contributed by atoms with Gasteiger partial charge in [0.2, 0.25) is 0 Å². The zero-order valence-electron chi connectivity index (χ0n) is 9.51. The Morgan fingerprint density at radius 3 is 2.94 bits per heavy atom. The standard InChI is InChI=1S/C12H9BrN4O/c1-15-12(18)10-5-6-17(16-10)11-4-2-3-9(13)8(11)7-14/h2-6H,1H3,(H,15,18). The van der Waals surface area contributed by atoms with Crippen LogP contribution in [0.25, 0.3) is 5.69 Å². The van der Waals surface area contributed by atoms with Crippen LogP contribution in [0.15, 0.2) is 34.9 Å². The minimum Gasteiger partial charge on any atom is -0.354 e. The van der Waals surface area contributed by atoms with Crippen molar-refractivity contribution in [1.82, 2.24) is 15.1 Å². The average molecular weight is 305 g/mol. The highest BCUT2D eigenvalue weighted by molar-refractivity contribution is 9.10. The molecule has 5 nitrogen and oxygen atoms in total. The van der Waals surface area contributed by atoms with E-state index in [1.165, 1.54) is 4.68 Å². The molecule has 0 saturated heterocycles. The number of nitriles is 1. The van der Waals surface area contributed by atoms with Gasteiger partial charge in [-0.05, 0) is 34.1 Å². The van der Waals surface area contributed by atoms with Gasteiger partial charge >= 0.3 is 0 Å². The number of hydrogen-bond acceptors (Lipinski definition) is 3. The van der Waals surface area contributed by atoms with E-state index in [9.17, 15) is 4.79 Å². The Kier molecular flexibility index (Phi) is 3.44. The van der Waals surface area contributed by atoms with E-state index in [1.54, 1.807) is 31.4 Å². The number of carbonyl (C=O) groups excluding carboxylic acids is 1. The molecule has 1 aromatic heterocycles. The van der Waals surface area contributed by atoms with Crippen molar-refractivity contribution in [3.8, 4) is 11.8 Å². The normalized spacial score (nSPS) is 9.83.